The van der Waals surface area contributed by atoms with Gasteiger partial charge in [0, 0.05) is 35.7 Å². The molecule has 1 amide bonds. The van der Waals surface area contributed by atoms with Crippen LogP contribution in [-0.4, -0.2) is 29.6 Å². The van der Waals surface area contributed by atoms with E-state index in [0.717, 1.165) is 16.7 Å². The summed E-state index contributed by atoms with van der Waals surface area (Å²) in [5.74, 6) is 0.187. The van der Waals surface area contributed by atoms with Crippen LogP contribution in [-0.2, 0) is 0 Å². The molecular weight excluding hydrogens is 374 g/mol. The highest BCUT2D eigenvalue weighted by Gasteiger charge is 2.33. The normalized spacial score (nSPS) is 14.2. The Hall–Kier alpha value is -3.90. The van der Waals surface area contributed by atoms with Crippen LogP contribution in [0.4, 0.5) is 0 Å². The van der Waals surface area contributed by atoms with E-state index < -0.39 is 0 Å². The minimum Gasteiger partial charge on any atom is -0.390 e. The third-order valence-electron chi connectivity index (χ3n) is 5.65. The van der Waals surface area contributed by atoms with E-state index in [4.69, 9.17) is 21.7 Å². The first-order valence-electron chi connectivity index (χ1n) is 9.63. The summed E-state index contributed by atoms with van der Waals surface area (Å²) in [5.41, 5.74) is 10.8. The molecule has 30 heavy (non-hydrogen) atoms. The molecule has 1 fully saturated rings. The maximum atomic E-state index is 13.1. The van der Waals surface area contributed by atoms with Crippen LogP contribution in [0.2, 0.25) is 0 Å². The molecule has 0 spiro atoms. The fourth-order valence-electron chi connectivity index (χ4n) is 3.63. The van der Waals surface area contributed by atoms with Gasteiger partial charge >= 0.3 is 0 Å². The molecule has 0 radical (unpaired) electrons. The van der Waals surface area contributed by atoms with Gasteiger partial charge in [-0.05, 0) is 55.7 Å². The molecular formula is C24H23N5O. The number of nitrogens with zero attached hydrogens (tertiary/aromatic N) is 3. The summed E-state index contributed by atoms with van der Waals surface area (Å²) < 4.78 is 0. The lowest BCUT2D eigenvalue weighted by molar-refractivity contribution is 0.0601. The second-order valence-corrected chi connectivity index (χ2v) is 7.65. The molecule has 0 unspecified atom stereocenters. The van der Waals surface area contributed by atoms with Gasteiger partial charge in [-0.2, -0.15) is 10.5 Å². The number of likely N-dealkylation sites (tertiary alicyclic amines) is 1. The molecule has 2 aromatic carbocycles. The van der Waals surface area contributed by atoms with Crippen molar-refractivity contribution in [2.75, 3.05) is 13.1 Å². The van der Waals surface area contributed by atoms with Gasteiger partial charge in [-0.1, -0.05) is 18.2 Å². The SMILES string of the molecule is C/C(C(=N)c1cc(C(=O)N2CC(c3ccc(C#N)cc3)C2)c(C)cc1C)=C(/N)C#N. The third kappa shape index (κ3) is 3.81. The summed E-state index contributed by atoms with van der Waals surface area (Å²) in [4.78, 5) is 14.9. The zero-order chi connectivity index (χ0) is 22.0. The van der Waals surface area contributed by atoms with Gasteiger partial charge in [0.05, 0.1) is 17.3 Å². The lowest BCUT2D eigenvalue weighted by Crippen LogP contribution is -2.48. The molecule has 0 bridgehead atoms. The lowest BCUT2D eigenvalue weighted by Gasteiger charge is -2.40. The number of hydrogen-bond acceptors (Lipinski definition) is 5. The first-order chi connectivity index (χ1) is 14.3. The van der Waals surface area contributed by atoms with E-state index in [-0.39, 0.29) is 23.2 Å². The summed E-state index contributed by atoms with van der Waals surface area (Å²) in [6.45, 7) is 6.64. The van der Waals surface area contributed by atoms with Crippen molar-refractivity contribution in [3.63, 3.8) is 0 Å². The zero-order valence-electron chi connectivity index (χ0n) is 17.3. The van der Waals surface area contributed by atoms with Crippen LogP contribution < -0.4 is 5.73 Å². The third-order valence-corrected chi connectivity index (χ3v) is 5.65. The van der Waals surface area contributed by atoms with E-state index in [1.54, 1.807) is 30.0 Å². The number of carbonyl (C=O) groups is 1. The van der Waals surface area contributed by atoms with E-state index in [2.05, 4.69) is 6.07 Å². The van der Waals surface area contributed by atoms with Gasteiger partial charge in [-0.25, -0.2) is 0 Å². The molecule has 6 nitrogen and oxygen atoms in total. The molecule has 3 N–H and O–H groups in total. The number of nitrogens with one attached hydrogen (secondary N) is 1. The lowest BCUT2D eigenvalue weighted by atomic mass is 9.89. The summed E-state index contributed by atoms with van der Waals surface area (Å²) in [6, 6.07) is 15.1. The highest BCUT2D eigenvalue weighted by molar-refractivity contribution is 6.13. The Morgan fingerprint density at radius 3 is 2.27 bits per heavy atom. The number of benzene rings is 2. The van der Waals surface area contributed by atoms with Gasteiger partial charge in [-0.15, -0.1) is 0 Å². The fourth-order valence-corrected chi connectivity index (χ4v) is 3.63. The molecule has 1 aliphatic heterocycles. The average molecular weight is 397 g/mol. The fraction of sp³-hybridized carbons (Fsp3) is 0.250. The van der Waals surface area contributed by atoms with Gasteiger partial charge < -0.3 is 10.6 Å². The van der Waals surface area contributed by atoms with Crippen LogP contribution in [0.3, 0.4) is 0 Å². The molecule has 6 heteroatoms. The Morgan fingerprint density at radius 2 is 1.70 bits per heavy atom. The highest BCUT2D eigenvalue weighted by Crippen LogP contribution is 2.30. The number of carbonyl (C=O) groups excluding carboxylic acids is 1. The Morgan fingerprint density at radius 1 is 1.10 bits per heavy atom. The second-order valence-electron chi connectivity index (χ2n) is 7.65. The quantitative estimate of drug-likeness (QED) is 0.606. The van der Waals surface area contributed by atoms with Gasteiger partial charge in [0.25, 0.3) is 5.91 Å². The topological polar surface area (TPSA) is 118 Å². The van der Waals surface area contributed by atoms with Crippen molar-refractivity contribution in [1.29, 1.82) is 15.9 Å². The van der Waals surface area contributed by atoms with Crippen LogP contribution in [0, 0.1) is 41.9 Å². The number of aryl methyl sites for hydroxylation is 2. The number of rotatable bonds is 4. The van der Waals surface area contributed by atoms with E-state index >= 15 is 0 Å². The van der Waals surface area contributed by atoms with E-state index in [9.17, 15) is 4.79 Å². The Labute approximate surface area is 176 Å². The van der Waals surface area contributed by atoms with E-state index in [1.807, 2.05) is 38.1 Å². The van der Waals surface area contributed by atoms with Gasteiger partial charge in [0.1, 0.15) is 11.8 Å². The number of allylic oxidation sites excluding steroid dienone is 2. The predicted molar refractivity (Wildman–Crippen MR) is 115 cm³/mol. The van der Waals surface area contributed by atoms with Crippen molar-refractivity contribution in [2.45, 2.75) is 26.7 Å². The van der Waals surface area contributed by atoms with Crippen molar-refractivity contribution < 1.29 is 4.79 Å². The van der Waals surface area contributed by atoms with E-state index in [0.29, 0.717) is 35.4 Å². The number of nitriles is 2. The first-order valence-corrected chi connectivity index (χ1v) is 9.63. The number of hydrogen-bond donors (Lipinski definition) is 2. The second kappa shape index (κ2) is 8.23. The number of nitrogens with two attached hydrogens (primary N) is 1. The average Bonchev–Trinajstić information content (AvgIpc) is 2.71. The zero-order valence-corrected chi connectivity index (χ0v) is 17.3. The predicted octanol–water partition coefficient (Wildman–Crippen LogP) is 3.54. The molecule has 2 aromatic rings. The molecule has 0 saturated carbocycles. The molecule has 0 atom stereocenters. The summed E-state index contributed by atoms with van der Waals surface area (Å²) in [6.07, 6.45) is 0. The monoisotopic (exact) mass is 397 g/mol. The summed E-state index contributed by atoms with van der Waals surface area (Å²) in [7, 11) is 0. The molecule has 0 aliphatic carbocycles. The summed E-state index contributed by atoms with van der Waals surface area (Å²) >= 11 is 0. The first kappa shape index (κ1) is 20.8. The minimum atomic E-state index is -0.0682. The molecule has 150 valence electrons. The number of amides is 1. The van der Waals surface area contributed by atoms with E-state index in [1.165, 1.54) is 0 Å². The maximum absolute atomic E-state index is 13.1. The van der Waals surface area contributed by atoms with Gasteiger partial charge in [0.15, 0.2) is 0 Å². The van der Waals surface area contributed by atoms with Gasteiger partial charge in [-0.3, -0.25) is 10.2 Å². The Balaban J connectivity index is 1.81. The standard InChI is InChI=1S/C24H23N5O/c1-14-8-15(2)21(9-20(14)23(28)16(3)22(27)11-26)24(30)29-12-19(13-29)18-6-4-17(10-25)5-7-18/h4-9,19,28H,12-13,27H2,1-3H3/b22-16-,28-23?. The Bertz CT molecular complexity index is 1140. The van der Waals surface area contributed by atoms with Crippen LogP contribution in [0.25, 0.3) is 0 Å². The smallest absolute Gasteiger partial charge is 0.254 e. The van der Waals surface area contributed by atoms with Gasteiger partial charge in [0.2, 0.25) is 0 Å². The maximum Gasteiger partial charge on any atom is 0.254 e. The molecule has 1 heterocycles. The van der Waals surface area contributed by atoms with Crippen molar-refractivity contribution in [3.8, 4) is 12.1 Å². The van der Waals surface area contributed by atoms with Crippen molar-refractivity contribution in [1.82, 2.24) is 4.90 Å². The molecule has 1 saturated heterocycles. The van der Waals surface area contributed by atoms with Crippen molar-refractivity contribution in [2.24, 2.45) is 5.73 Å². The minimum absolute atomic E-state index is 0.000790. The summed E-state index contributed by atoms with van der Waals surface area (Å²) in [5, 5.41) is 26.4. The van der Waals surface area contributed by atoms with Crippen LogP contribution in [0.15, 0.2) is 47.7 Å². The van der Waals surface area contributed by atoms with Crippen LogP contribution in [0.1, 0.15) is 51.0 Å². The van der Waals surface area contributed by atoms with Crippen LogP contribution in [0.5, 0.6) is 0 Å². The largest absolute Gasteiger partial charge is 0.390 e. The molecule has 0 aromatic heterocycles. The Kier molecular flexibility index (Phi) is 5.71. The van der Waals surface area contributed by atoms with Crippen molar-refractivity contribution >= 4 is 11.6 Å². The molecule has 1 aliphatic rings. The highest BCUT2D eigenvalue weighted by atomic mass is 16.2. The molecule has 3 rings (SSSR count). The van der Waals surface area contributed by atoms with Crippen molar-refractivity contribution in [3.05, 3.63) is 81.0 Å². The van der Waals surface area contributed by atoms with Crippen LogP contribution >= 0.6 is 0 Å².